The summed E-state index contributed by atoms with van der Waals surface area (Å²) >= 11 is 5.96. The average Bonchev–Trinajstić information content (AvgIpc) is 2.41. The lowest BCUT2D eigenvalue weighted by Crippen LogP contribution is -1.94. The van der Waals surface area contributed by atoms with Gasteiger partial charge in [-0.2, -0.15) is 5.26 Å². The van der Waals surface area contributed by atoms with E-state index < -0.39 is 4.92 Å². The molecule has 1 heterocycles. The van der Waals surface area contributed by atoms with E-state index in [4.69, 9.17) is 21.6 Å². The zero-order valence-corrected chi connectivity index (χ0v) is 11.1. The molecule has 0 aliphatic heterocycles. The highest BCUT2D eigenvalue weighted by Crippen LogP contribution is 2.31. The molecule has 100 valence electrons. The van der Waals surface area contributed by atoms with E-state index in [0.29, 0.717) is 11.3 Å². The van der Waals surface area contributed by atoms with Crippen molar-refractivity contribution in [2.24, 2.45) is 0 Å². The Hall–Kier alpha value is -2.65. The van der Waals surface area contributed by atoms with Crippen molar-refractivity contribution in [1.82, 2.24) is 4.98 Å². The van der Waals surface area contributed by atoms with E-state index in [1.54, 1.807) is 6.92 Å². The van der Waals surface area contributed by atoms with Crippen molar-refractivity contribution < 1.29 is 9.66 Å². The van der Waals surface area contributed by atoms with Gasteiger partial charge < -0.3 is 4.74 Å². The first kappa shape index (κ1) is 13.8. The van der Waals surface area contributed by atoms with Crippen LogP contribution in [0, 0.1) is 28.4 Å². The van der Waals surface area contributed by atoms with Crippen LogP contribution in [0.4, 0.5) is 5.69 Å². The Bertz CT molecular complexity index is 725. The molecule has 1 aromatic carbocycles. The largest absolute Gasteiger partial charge is 0.437 e. The standard InChI is InChI=1S/C13H8ClN3O3/c1-8-6-10(2-3-11(8)17(18)19)20-13-12(14)9(7-15)4-5-16-13/h2-6H,1H3. The lowest BCUT2D eigenvalue weighted by molar-refractivity contribution is -0.385. The summed E-state index contributed by atoms with van der Waals surface area (Å²) in [6.45, 7) is 1.60. The van der Waals surface area contributed by atoms with E-state index in [1.807, 2.05) is 6.07 Å². The Kier molecular flexibility index (Phi) is 3.82. The number of nitro benzene ring substituents is 1. The third-order valence-corrected chi connectivity index (χ3v) is 2.92. The SMILES string of the molecule is Cc1cc(Oc2nccc(C#N)c2Cl)ccc1[N+](=O)[O-]. The van der Waals surface area contributed by atoms with Crippen molar-refractivity contribution in [2.45, 2.75) is 6.92 Å². The van der Waals surface area contributed by atoms with Crippen LogP contribution in [0.1, 0.15) is 11.1 Å². The molecule has 0 unspecified atom stereocenters. The first-order valence-corrected chi connectivity index (χ1v) is 5.88. The van der Waals surface area contributed by atoms with Crippen LogP contribution >= 0.6 is 11.6 Å². The highest BCUT2D eigenvalue weighted by molar-refractivity contribution is 6.33. The van der Waals surface area contributed by atoms with Crippen molar-refractivity contribution >= 4 is 17.3 Å². The highest BCUT2D eigenvalue weighted by Gasteiger charge is 2.13. The van der Waals surface area contributed by atoms with Crippen molar-refractivity contribution in [1.29, 1.82) is 5.26 Å². The van der Waals surface area contributed by atoms with Gasteiger partial charge in [-0.05, 0) is 25.1 Å². The normalized spacial score (nSPS) is 9.85. The second kappa shape index (κ2) is 5.55. The first-order valence-electron chi connectivity index (χ1n) is 5.50. The van der Waals surface area contributed by atoms with Gasteiger partial charge in [-0.1, -0.05) is 11.6 Å². The molecule has 0 saturated carbocycles. The van der Waals surface area contributed by atoms with Crippen LogP contribution in [-0.4, -0.2) is 9.91 Å². The number of aromatic nitrogens is 1. The fourth-order valence-corrected chi connectivity index (χ4v) is 1.78. The van der Waals surface area contributed by atoms with Crippen LogP contribution in [0.5, 0.6) is 11.6 Å². The fourth-order valence-electron chi connectivity index (χ4n) is 1.59. The van der Waals surface area contributed by atoms with Gasteiger partial charge in [0.05, 0.1) is 10.5 Å². The van der Waals surface area contributed by atoms with Gasteiger partial charge in [-0.3, -0.25) is 10.1 Å². The lowest BCUT2D eigenvalue weighted by Gasteiger charge is -2.07. The average molecular weight is 290 g/mol. The summed E-state index contributed by atoms with van der Waals surface area (Å²) in [6, 6.07) is 7.68. The molecular formula is C13H8ClN3O3. The monoisotopic (exact) mass is 289 g/mol. The van der Waals surface area contributed by atoms with Crippen molar-refractivity contribution in [3.05, 3.63) is 56.7 Å². The van der Waals surface area contributed by atoms with Crippen LogP contribution in [0.25, 0.3) is 0 Å². The van der Waals surface area contributed by atoms with Gasteiger partial charge in [0.1, 0.15) is 16.8 Å². The van der Waals surface area contributed by atoms with Crippen molar-refractivity contribution in [3.8, 4) is 17.7 Å². The number of hydrogen-bond acceptors (Lipinski definition) is 5. The van der Waals surface area contributed by atoms with E-state index in [0.717, 1.165) is 0 Å². The molecule has 0 N–H and O–H groups in total. The van der Waals surface area contributed by atoms with E-state index in [2.05, 4.69) is 4.98 Å². The summed E-state index contributed by atoms with van der Waals surface area (Å²) in [5.41, 5.74) is 0.706. The third kappa shape index (κ3) is 2.68. The van der Waals surface area contributed by atoms with Crippen LogP contribution in [-0.2, 0) is 0 Å². The van der Waals surface area contributed by atoms with Gasteiger partial charge >= 0.3 is 0 Å². The molecule has 6 nitrogen and oxygen atoms in total. The minimum atomic E-state index is -0.472. The summed E-state index contributed by atoms with van der Waals surface area (Å²) in [5.74, 6) is 0.441. The maximum atomic E-state index is 10.7. The summed E-state index contributed by atoms with van der Waals surface area (Å²) in [5, 5.41) is 19.7. The number of nitriles is 1. The van der Waals surface area contributed by atoms with E-state index in [9.17, 15) is 10.1 Å². The maximum Gasteiger partial charge on any atom is 0.272 e. The van der Waals surface area contributed by atoms with Crippen molar-refractivity contribution in [2.75, 3.05) is 0 Å². The quantitative estimate of drug-likeness (QED) is 0.636. The Morgan fingerprint density at radius 3 is 2.80 bits per heavy atom. The van der Waals surface area contributed by atoms with Crippen LogP contribution < -0.4 is 4.74 Å². The Morgan fingerprint density at radius 1 is 1.45 bits per heavy atom. The smallest absolute Gasteiger partial charge is 0.272 e. The fraction of sp³-hybridized carbons (Fsp3) is 0.0769. The second-order valence-corrected chi connectivity index (χ2v) is 4.27. The Morgan fingerprint density at radius 2 is 2.20 bits per heavy atom. The highest BCUT2D eigenvalue weighted by atomic mass is 35.5. The van der Waals surface area contributed by atoms with Crippen molar-refractivity contribution in [3.63, 3.8) is 0 Å². The zero-order chi connectivity index (χ0) is 14.7. The molecule has 7 heteroatoms. The van der Waals surface area contributed by atoms with Gasteiger partial charge in [-0.15, -0.1) is 0 Å². The number of nitro groups is 1. The minimum absolute atomic E-state index is 0.00202. The molecule has 0 aliphatic carbocycles. The van der Waals surface area contributed by atoms with Gasteiger partial charge in [0.15, 0.2) is 0 Å². The Balaban J connectivity index is 2.34. The van der Waals surface area contributed by atoms with Crippen LogP contribution in [0.2, 0.25) is 5.02 Å². The predicted molar refractivity (Wildman–Crippen MR) is 71.9 cm³/mol. The molecule has 0 bridgehead atoms. The molecular weight excluding hydrogens is 282 g/mol. The number of halogens is 1. The molecule has 0 aliphatic rings. The van der Waals surface area contributed by atoms with E-state index >= 15 is 0 Å². The number of pyridine rings is 1. The van der Waals surface area contributed by atoms with E-state index in [1.165, 1.54) is 30.5 Å². The van der Waals surface area contributed by atoms with Gasteiger partial charge in [-0.25, -0.2) is 4.98 Å². The summed E-state index contributed by atoms with van der Waals surface area (Å²) < 4.78 is 5.45. The number of aryl methyl sites for hydroxylation is 1. The maximum absolute atomic E-state index is 10.7. The molecule has 0 saturated heterocycles. The number of ether oxygens (including phenoxy) is 1. The molecule has 0 fully saturated rings. The molecule has 20 heavy (non-hydrogen) atoms. The Labute approximate surface area is 119 Å². The number of rotatable bonds is 3. The summed E-state index contributed by atoms with van der Waals surface area (Å²) in [4.78, 5) is 14.2. The minimum Gasteiger partial charge on any atom is -0.437 e. The summed E-state index contributed by atoms with van der Waals surface area (Å²) in [6.07, 6.45) is 1.40. The van der Waals surface area contributed by atoms with Crippen LogP contribution in [0.15, 0.2) is 30.5 Å². The predicted octanol–water partition coefficient (Wildman–Crippen LogP) is 3.62. The first-order chi connectivity index (χ1) is 9.52. The topological polar surface area (TPSA) is 89.0 Å². The van der Waals surface area contributed by atoms with Gasteiger partial charge in [0, 0.05) is 17.8 Å². The molecule has 0 amide bonds. The number of hydrogen-bond donors (Lipinski definition) is 0. The lowest BCUT2D eigenvalue weighted by atomic mass is 10.2. The molecule has 0 spiro atoms. The molecule has 2 aromatic rings. The number of benzene rings is 1. The molecule has 0 atom stereocenters. The zero-order valence-electron chi connectivity index (χ0n) is 10.3. The molecule has 2 rings (SSSR count). The second-order valence-electron chi connectivity index (χ2n) is 3.90. The number of nitrogens with zero attached hydrogens (tertiary/aromatic N) is 3. The molecule has 1 aromatic heterocycles. The van der Waals surface area contributed by atoms with Gasteiger partial charge in [0.2, 0.25) is 5.88 Å². The van der Waals surface area contributed by atoms with Crippen LogP contribution in [0.3, 0.4) is 0 Å². The van der Waals surface area contributed by atoms with Gasteiger partial charge in [0.25, 0.3) is 5.69 Å². The van der Waals surface area contributed by atoms with E-state index in [-0.39, 0.29) is 22.2 Å². The summed E-state index contributed by atoms with van der Waals surface area (Å²) in [7, 11) is 0. The molecule has 0 radical (unpaired) electrons. The third-order valence-electron chi connectivity index (χ3n) is 2.56.